The number of nitrogens with zero attached hydrogens (tertiary/aromatic N) is 1. The van der Waals surface area contributed by atoms with E-state index < -0.39 is 5.97 Å². The Labute approximate surface area is 201 Å². The summed E-state index contributed by atoms with van der Waals surface area (Å²) in [5.41, 5.74) is 6.28. The van der Waals surface area contributed by atoms with E-state index in [1.807, 2.05) is 42.5 Å². The maximum atomic E-state index is 13.3. The zero-order valence-electron chi connectivity index (χ0n) is 20.8. The van der Waals surface area contributed by atoms with Crippen molar-refractivity contribution in [2.24, 2.45) is 5.92 Å². The number of amides is 1. The van der Waals surface area contributed by atoms with E-state index in [1.165, 1.54) is 0 Å². The van der Waals surface area contributed by atoms with Crippen LogP contribution in [0.2, 0.25) is 0 Å². The summed E-state index contributed by atoms with van der Waals surface area (Å²) in [6.07, 6.45) is 2.71. The van der Waals surface area contributed by atoms with Gasteiger partial charge in [0.25, 0.3) is 5.91 Å². The zero-order chi connectivity index (χ0) is 24.4. The van der Waals surface area contributed by atoms with Crippen molar-refractivity contribution >= 4 is 28.5 Å². The quantitative estimate of drug-likeness (QED) is 0.434. The van der Waals surface area contributed by atoms with Crippen LogP contribution in [0.15, 0.2) is 42.5 Å². The van der Waals surface area contributed by atoms with Crippen LogP contribution in [0.1, 0.15) is 85.6 Å². The molecule has 1 aromatic heterocycles. The Morgan fingerprint density at radius 3 is 2.38 bits per heavy atom. The predicted molar refractivity (Wildman–Crippen MR) is 136 cm³/mol. The van der Waals surface area contributed by atoms with Gasteiger partial charge in [-0.15, -0.1) is 0 Å². The second kappa shape index (κ2) is 9.96. The number of hydrogen-bond acceptors (Lipinski definition) is 4. The highest BCUT2D eigenvalue weighted by Gasteiger charge is 2.26. The van der Waals surface area contributed by atoms with Crippen molar-refractivity contribution in [1.29, 1.82) is 0 Å². The largest absolute Gasteiger partial charge is 0.452 e. The van der Waals surface area contributed by atoms with Crippen LogP contribution in [0.25, 0.3) is 10.9 Å². The Kier molecular flexibility index (Phi) is 7.01. The van der Waals surface area contributed by atoms with Crippen LogP contribution >= 0.6 is 0 Å². The van der Waals surface area contributed by atoms with E-state index in [0.29, 0.717) is 11.5 Å². The number of hydrogen-bond donors (Lipinski definition) is 1. The molecule has 0 saturated carbocycles. The molecule has 1 amide bonds. The molecule has 0 spiro atoms. The lowest BCUT2D eigenvalue weighted by Crippen LogP contribution is -2.24. The lowest BCUT2D eigenvalue weighted by Gasteiger charge is -2.24. The number of nitrogens with one attached hydrogen (secondary N) is 1. The van der Waals surface area contributed by atoms with Crippen LogP contribution < -0.4 is 5.32 Å². The fourth-order valence-electron chi connectivity index (χ4n) is 4.87. The first-order chi connectivity index (χ1) is 16.3. The van der Waals surface area contributed by atoms with Gasteiger partial charge >= 0.3 is 5.97 Å². The molecule has 0 aliphatic heterocycles. The minimum atomic E-state index is -0.458. The van der Waals surface area contributed by atoms with E-state index in [2.05, 4.69) is 39.9 Å². The molecule has 1 atom stereocenters. The Morgan fingerprint density at radius 1 is 1.03 bits per heavy atom. The van der Waals surface area contributed by atoms with E-state index in [9.17, 15) is 9.59 Å². The third-order valence-electron chi connectivity index (χ3n) is 6.68. The zero-order valence-corrected chi connectivity index (χ0v) is 20.8. The van der Waals surface area contributed by atoms with Gasteiger partial charge < -0.3 is 10.1 Å². The number of esters is 1. The minimum absolute atomic E-state index is 0.258. The fraction of sp³-hybridized carbons (Fsp3) is 0.414. The fourth-order valence-corrected chi connectivity index (χ4v) is 4.87. The Bertz CT molecular complexity index is 1200. The molecule has 1 aliphatic carbocycles. The van der Waals surface area contributed by atoms with Gasteiger partial charge in [-0.25, -0.2) is 4.79 Å². The van der Waals surface area contributed by atoms with Crippen LogP contribution in [0.3, 0.4) is 0 Å². The normalized spacial score (nSPS) is 15.4. The van der Waals surface area contributed by atoms with Crippen molar-refractivity contribution in [2.75, 3.05) is 11.9 Å². The molecule has 0 fully saturated rings. The number of carbonyl (C=O) groups is 2. The Balaban J connectivity index is 1.58. The van der Waals surface area contributed by atoms with Crippen LogP contribution in [0.4, 0.5) is 5.69 Å². The number of aromatic nitrogens is 1. The number of para-hydroxylation sites is 2. The van der Waals surface area contributed by atoms with Gasteiger partial charge in [-0.2, -0.15) is 0 Å². The first kappa shape index (κ1) is 23.9. The molecule has 2 aromatic carbocycles. The van der Waals surface area contributed by atoms with Crippen molar-refractivity contribution in [3.8, 4) is 0 Å². The number of anilines is 1. The van der Waals surface area contributed by atoms with E-state index >= 15 is 0 Å². The molecule has 1 heterocycles. The van der Waals surface area contributed by atoms with Gasteiger partial charge in [0.05, 0.1) is 11.1 Å². The van der Waals surface area contributed by atoms with Crippen molar-refractivity contribution in [3.63, 3.8) is 0 Å². The average Bonchev–Trinajstić information content (AvgIpc) is 2.81. The first-order valence-electron chi connectivity index (χ1n) is 12.3. The molecule has 0 saturated heterocycles. The summed E-state index contributed by atoms with van der Waals surface area (Å²) in [5, 5.41) is 3.81. The third kappa shape index (κ3) is 4.84. The van der Waals surface area contributed by atoms with Crippen LogP contribution in [0, 0.1) is 5.92 Å². The Morgan fingerprint density at radius 2 is 1.71 bits per heavy atom. The number of rotatable bonds is 6. The van der Waals surface area contributed by atoms with Crippen LogP contribution in [-0.2, 0) is 22.4 Å². The molecule has 1 aliphatic rings. The van der Waals surface area contributed by atoms with Crippen molar-refractivity contribution in [1.82, 2.24) is 4.98 Å². The second-order valence-electron chi connectivity index (χ2n) is 10.0. The SMILES string of the molecule is CC1CCc2nc3ccccc3c(C(=O)OCC(=O)Nc3c(C(C)C)cccc3C(C)C)c2C1. The van der Waals surface area contributed by atoms with Gasteiger partial charge in [-0.05, 0) is 59.8 Å². The van der Waals surface area contributed by atoms with Gasteiger partial charge in [-0.3, -0.25) is 9.78 Å². The molecule has 0 radical (unpaired) electrons. The maximum Gasteiger partial charge on any atom is 0.339 e. The number of benzene rings is 2. The number of fused-ring (bicyclic) bond motifs is 2. The summed E-state index contributed by atoms with van der Waals surface area (Å²) >= 11 is 0. The molecule has 3 aromatic rings. The topological polar surface area (TPSA) is 68.3 Å². The van der Waals surface area contributed by atoms with E-state index in [-0.39, 0.29) is 24.3 Å². The highest BCUT2D eigenvalue weighted by Crippen LogP contribution is 2.33. The van der Waals surface area contributed by atoms with Gasteiger partial charge in [0.15, 0.2) is 6.61 Å². The van der Waals surface area contributed by atoms with Crippen molar-refractivity contribution < 1.29 is 14.3 Å². The second-order valence-corrected chi connectivity index (χ2v) is 10.0. The van der Waals surface area contributed by atoms with Gasteiger partial charge in [0, 0.05) is 16.8 Å². The van der Waals surface area contributed by atoms with Gasteiger partial charge in [0.2, 0.25) is 0 Å². The molecule has 5 heteroatoms. The molecule has 34 heavy (non-hydrogen) atoms. The molecular formula is C29H34N2O3. The van der Waals surface area contributed by atoms with Gasteiger partial charge in [0.1, 0.15) is 0 Å². The predicted octanol–water partition coefficient (Wildman–Crippen LogP) is 6.40. The van der Waals surface area contributed by atoms with Crippen LogP contribution in [-0.4, -0.2) is 23.5 Å². The summed E-state index contributed by atoms with van der Waals surface area (Å²) in [7, 11) is 0. The molecule has 4 rings (SSSR count). The summed E-state index contributed by atoms with van der Waals surface area (Å²) in [6.45, 7) is 10.3. The maximum absolute atomic E-state index is 13.3. The van der Waals surface area contributed by atoms with Crippen LogP contribution in [0.5, 0.6) is 0 Å². The van der Waals surface area contributed by atoms with Crippen molar-refractivity contribution in [2.45, 2.75) is 65.7 Å². The molecular weight excluding hydrogens is 424 g/mol. The van der Waals surface area contributed by atoms with Gasteiger partial charge in [-0.1, -0.05) is 71.0 Å². The molecule has 178 valence electrons. The molecule has 0 bridgehead atoms. The highest BCUT2D eigenvalue weighted by atomic mass is 16.5. The summed E-state index contributed by atoms with van der Waals surface area (Å²) in [4.78, 5) is 31.0. The monoisotopic (exact) mass is 458 g/mol. The number of pyridine rings is 1. The smallest absolute Gasteiger partial charge is 0.339 e. The molecule has 1 N–H and O–H groups in total. The van der Waals surface area contributed by atoms with E-state index in [4.69, 9.17) is 9.72 Å². The lowest BCUT2D eigenvalue weighted by atomic mass is 9.84. The average molecular weight is 459 g/mol. The Hall–Kier alpha value is -3.21. The minimum Gasteiger partial charge on any atom is -0.452 e. The van der Waals surface area contributed by atoms with Crippen molar-refractivity contribution in [3.05, 3.63) is 70.4 Å². The summed E-state index contributed by atoms with van der Waals surface area (Å²) in [6, 6.07) is 13.8. The summed E-state index contributed by atoms with van der Waals surface area (Å²) < 4.78 is 5.59. The first-order valence-corrected chi connectivity index (χ1v) is 12.3. The number of carbonyl (C=O) groups excluding carboxylic acids is 2. The highest BCUT2D eigenvalue weighted by molar-refractivity contribution is 6.06. The molecule has 5 nitrogen and oxygen atoms in total. The van der Waals surface area contributed by atoms with E-state index in [0.717, 1.165) is 58.2 Å². The standard InChI is InChI=1S/C29H34N2O3/c1-17(2)20-10-8-11-21(18(3)4)28(20)31-26(32)16-34-29(33)27-22-9-6-7-12-24(22)30-25-14-13-19(5)15-23(25)27/h6-12,17-19H,13-16H2,1-5H3,(H,31,32). The number of aryl methyl sites for hydroxylation is 1. The number of ether oxygens (including phenoxy) is 1. The van der Waals surface area contributed by atoms with E-state index in [1.54, 1.807) is 0 Å². The lowest BCUT2D eigenvalue weighted by molar-refractivity contribution is -0.119. The molecule has 1 unspecified atom stereocenters. The third-order valence-corrected chi connectivity index (χ3v) is 6.68. The summed E-state index contributed by atoms with van der Waals surface area (Å²) in [5.74, 6) is 0.207.